The molecule has 2 atom stereocenters. The van der Waals surface area contributed by atoms with Crippen molar-refractivity contribution >= 4 is 5.91 Å². The molecule has 100 valence electrons. The molecule has 0 radical (unpaired) electrons. The summed E-state index contributed by atoms with van der Waals surface area (Å²) in [7, 11) is 1.81. The SMILES string of the molecule is CCC(C)C(N)C(=O)N(C)Cc1cccc(C)c1. The van der Waals surface area contributed by atoms with Crippen molar-refractivity contribution in [2.75, 3.05) is 7.05 Å². The molecule has 3 heteroatoms. The molecule has 0 spiro atoms. The minimum Gasteiger partial charge on any atom is -0.340 e. The summed E-state index contributed by atoms with van der Waals surface area (Å²) < 4.78 is 0. The van der Waals surface area contributed by atoms with Crippen molar-refractivity contribution in [3.8, 4) is 0 Å². The molecule has 0 aromatic heterocycles. The number of rotatable bonds is 5. The number of benzene rings is 1. The van der Waals surface area contributed by atoms with E-state index in [1.165, 1.54) is 5.56 Å². The number of nitrogens with zero attached hydrogens (tertiary/aromatic N) is 1. The number of hydrogen-bond acceptors (Lipinski definition) is 2. The lowest BCUT2D eigenvalue weighted by Crippen LogP contribution is -2.45. The number of carbonyl (C=O) groups excluding carboxylic acids is 1. The zero-order valence-electron chi connectivity index (χ0n) is 11.8. The molecule has 0 fully saturated rings. The summed E-state index contributed by atoms with van der Waals surface area (Å²) in [6.45, 7) is 6.74. The van der Waals surface area contributed by atoms with Crippen LogP contribution in [0.1, 0.15) is 31.4 Å². The average Bonchev–Trinajstić information content (AvgIpc) is 2.36. The van der Waals surface area contributed by atoms with Gasteiger partial charge in [0.1, 0.15) is 0 Å². The van der Waals surface area contributed by atoms with Crippen LogP contribution in [0.5, 0.6) is 0 Å². The molecule has 1 amide bonds. The van der Waals surface area contributed by atoms with E-state index in [-0.39, 0.29) is 11.8 Å². The molecule has 0 aliphatic rings. The van der Waals surface area contributed by atoms with E-state index in [1.54, 1.807) is 4.90 Å². The van der Waals surface area contributed by atoms with Gasteiger partial charge in [-0.3, -0.25) is 4.79 Å². The largest absolute Gasteiger partial charge is 0.340 e. The number of nitrogens with two attached hydrogens (primary N) is 1. The van der Waals surface area contributed by atoms with E-state index in [0.29, 0.717) is 6.54 Å². The molecule has 0 saturated heterocycles. The van der Waals surface area contributed by atoms with E-state index in [9.17, 15) is 4.79 Å². The first kappa shape index (κ1) is 14.7. The standard InChI is InChI=1S/C15H24N2O/c1-5-12(3)14(16)15(18)17(4)10-13-8-6-7-11(2)9-13/h6-9,12,14H,5,10,16H2,1-4H3. The third-order valence-corrected chi connectivity index (χ3v) is 3.42. The van der Waals surface area contributed by atoms with E-state index in [2.05, 4.69) is 26.0 Å². The maximum absolute atomic E-state index is 12.1. The number of likely N-dealkylation sites (N-methyl/N-ethyl adjacent to an activating group) is 1. The monoisotopic (exact) mass is 248 g/mol. The fraction of sp³-hybridized carbons (Fsp3) is 0.533. The topological polar surface area (TPSA) is 46.3 Å². The number of aryl methyl sites for hydroxylation is 1. The summed E-state index contributed by atoms with van der Waals surface area (Å²) in [6, 6.07) is 7.79. The predicted octanol–water partition coefficient (Wildman–Crippen LogP) is 2.33. The van der Waals surface area contributed by atoms with Gasteiger partial charge in [0.25, 0.3) is 0 Å². The lowest BCUT2D eigenvalue weighted by atomic mass is 9.99. The van der Waals surface area contributed by atoms with Gasteiger partial charge in [-0.25, -0.2) is 0 Å². The van der Waals surface area contributed by atoms with Crippen LogP contribution in [0.25, 0.3) is 0 Å². The van der Waals surface area contributed by atoms with Crippen molar-refractivity contribution in [3.05, 3.63) is 35.4 Å². The van der Waals surface area contributed by atoms with Crippen LogP contribution < -0.4 is 5.73 Å². The number of hydrogen-bond donors (Lipinski definition) is 1. The van der Waals surface area contributed by atoms with Crippen molar-refractivity contribution in [3.63, 3.8) is 0 Å². The van der Waals surface area contributed by atoms with Crippen LogP contribution in [-0.4, -0.2) is 23.9 Å². The zero-order chi connectivity index (χ0) is 13.7. The Balaban J connectivity index is 2.65. The summed E-state index contributed by atoms with van der Waals surface area (Å²) in [4.78, 5) is 13.8. The fourth-order valence-corrected chi connectivity index (χ4v) is 1.91. The van der Waals surface area contributed by atoms with Gasteiger partial charge in [-0.1, -0.05) is 50.1 Å². The summed E-state index contributed by atoms with van der Waals surface area (Å²) in [5.74, 6) is 0.239. The maximum atomic E-state index is 12.1. The van der Waals surface area contributed by atoms with Gasteiger partial charge >= 0.3 is 0 Å². The molecule has 2 N–H and O–H groups in total. The second kappa shape index (κ2) is 6.55. The average molecular weight is 248 g/mol. The Labute approximate surface area is 110 Å². The lowest BCUT2D eigenvalue weighted by molar-refractivity contribution is -0.132. The Morgan fingerprint density at radius 3 is 2.67 bits per heavy atom. The normalized spacial score (nSPS) is 14.1. The third kappa shape index (κ3) is 3.84. The van der Waals surface area contributed by atoms with Crippen LogP contribution in [0.15, 0.2) is 24.3 Å². The van der Waals surface area contributed by atoms with Gasteiger partial charge in [0, 0.05) is 13.6 Å². The predicted molar refractivity (Wildman–Crippen MR) is 75.1 cm³/mol. The molecule has 2 unspecified atom stereocenters. The minimum absolute atomic E-state index is 0.0193. The van der Waals surface area contributed by atoms with Gasteiger partial charge in [0.05, 0.1) is 6.04 Å². The summed E-state index contributed by atoms with van der Waals surface area (Å²) >= 11 is 0. The molecule has 3 nitrogen and oxygen atoms in total. The molecule has 0 heterocycles. The highest BCUT2D eigenvalue weighted by atomic mass is 16.2. The highest BCUT2D eigenvalue weighted by Gasteiger charge is 2.22. The summed E-state index contributed by atoms with van der Waals surface area (Å²) in [5.41, 5.74) is 8.31. The van der Waals surface area contributed by atoms with Crippen LogP contribution >= 0.6 is 0 Å². The molecule has 18 heavy (non-hydrogen) atoms. The lowest BCUT2D eigenvalue weighted by Gasteiger charge is -2.24. The van der Waals surface area contributed by atoms with Crippen molar-refractivity contribution < 1.29 is 4.79 Å². The van der Waals surface area contributed by atoms with E-state index in [0.717, 1.165) is 12.0 Å². The Kier molecular flexibility index (Phi) is 5.35. The van der Waals surface area contributed by atoms with Gasteiger partial charge in [-0.05, 0) is 18.4 Å². The Bertz CT molecular complexity index is 403. The Morgan fingerprint density at radius 2 is 2.11 bits per heavy atom. The highest BCUT2D eigenvalue weighted by Crippen LogP contribution is 2.11. The molecule has 1 aromatic rings. The first-order valence-corrected chi connectivity index (χ1v) is 6.51. The Morgan fingerprint density at radius 1 is 1.44 bits per heavy atom. The molecule has 0 aliphatic heterocycles. The van der Waals surface area contributed by atoms with Crippen LogP contribution in [0.4, 0.5) is 0 Å². The van der Waals surface area contributed by atoms with Gasteiger partial charge in [0.2, 0.25) is 5.91 Å². The first-order chi connectivity index (χ1) is 8.45. The molecule has 0 aliphatic carbocycles. The van der Waals surface area contributed by atoms with E-state index >= 15 is 0 Å². The van der Waals surface area contributed by atoms with Crippen molar-refractivity contribution in [1.29, 1.82) is 0 Å². The quantitative estimate of drug-likeness (QED) is 0.869. The van der Waals surface area contributed by atoms with Crippen molar-refractivity contribution in [2.45, 2.75) is 39.8 Å². The molecule has 1 aromatic carbocycles. The van der Waals surface area contributed by atoms with Crippen LogP contribution in [0.2, 0.25) is 0 Å². The van der Waals surface area contributed by atoms with Crippen molar-refractivity contribution in [2.24, 2.45) is 11.7 Å². The smallest absolute Gasteiger partial charge is 0.239 e. The molecular formula is C15H24N2O. The summed E-state index contributed by atoms with van der Waals surface area (Å²) in [5, 5.41) is 0. The van der Waals surface area contributed by atoms with E-state index in [1.807, 2.05) is 26.1 Å². The second-order valence-electron chi connectivity index (χ2n) is 5.09. The fourth-order valence-electron chi connectivity index (χ4n) is 1.91. The summed E-state index contributed by atoms with van der Waals surface area (Å²) in [6.07, 6.45) is 0.922. The first-order valence-electron chi connectivity index (χ1n) is 6.51. The van der Waals surface area contributed by atoms with E-state index in [4.69, 9.17) is 5.73 Å². The van der Waals surface area contributed by atoms with Gasteiger partial charge in [0.15, 0.2) is 0 Å². The highest BCUT2D eigenvalue weighted by molar-refractivity contribution is 5.81. The van der Waals surface area contributed by atoms with Crippen LogP contribution in [-0.2, 0) is 11.3 Å². The van der Waals surface area contributed by atoms with Gasteiger partial charge in [-0.2, -0.15) is 0 Å². The van der Waals surface area contributed by atoms with Gasteiger partial charge in [-0.15, -0.1) is 0 Å². The minimum atomic E-state index is -0.398. The third-order valence-electron chi connectivity index (χ3n) is 3.42. The molecule has 1 rings (SSSR count). The van der Waals surface area contributed by atoms with Crippen LogP contribution in [0, 0.1) is 12.8 Å². The van der Waals surface area contributed by atoms with Crippen molar-refractivity contribution in [1.82, 2.24) is 4.90 Å². The van der Waals surface area contributed by atoms with Gasteiger partial charge < -0.3 is 10.6 Å². The maximum Gasteiger partial charge on any atom is 0.239 e. The number of amides is 1. The molecule has 0 saturated carbocycles. The van der Waals surface area contributed by atoms with Crippen LogP contribution in [0.3, 0.4) is 0 Å². The second-order valence-corrected chi connectivity index (χ2v) is 5.09. The number of carbonyl (C=O) groups is 1. The van der Waals surface area contributed by atoms with E-state index < -0.39 is 6.04 Å². The molecular weight excluding hydrogens is 224 g/mol. The zero-order valence-corrected chi connectivity index (χ0v) is 11.8. The molecule has 0 bridgehead atoms. The Hall–Kier alpha value is -1.35.